The highest BCUT2D eigenvalue weighted by atomic mass is 16.4. The fourth-order valence-electron chi connectivity index (χ4n) is 3.26. The zero-order valence-corrected chi connectivity index (χ0v) is 9.99. The van der Waals surface area contributed by atoms with Crippen LogP contribution in [0.2, 0.25) is 0 Å². The van der Waals surface area contributed by atoms with E-state index in [4.69, 9.17) is 0 Å². The summed E-state index contributed by atoms with van der Waals surface area (Å²) in [7, 11) is 0. The van der Waals surface area contributed by atoms with Crippen LogP contribution in [0.25, 0.3) is 0 Å². The van der Waals surface area contributed by atoms with E-state index in [1.165, 1.54) is 0 Å². The van der Waals surface area contributed by atoms with Crippen molar-refractivity contribution in [1.29, 1.82) is 0 Å². The molecule has 1 aromatic rings. The van der Waals surface area contributed by atoms with E-state index in [1.807, 2.05) is 0 Å². The molecule has 0 radical (unpaired) electrons. The van der Waals surface area contributed by atoms with E-state index in [-0.39, 0.29) is 23.8 Å². The van der Waals surface area contributed by atoms with Crippen molar-refractivity contribution >= 4 is 11.8 Å². The molecule has 2 aliphatic heterocycles. The first-order valence-corrected chi connectivity index (χ1v) is 6.31. The minimum absolute atomic E-state index is 0.228. The van der Waals surface area contributed by atoms with Crippen LogP contribution < -0.4 is 4.90 Å². The predicted octanol–water partition coefficient (Wildman–Crippen LogP) is 1.27. The summed E-state index contributed by atoms with van der Waals surface area (Å²) >= 11 is 0. The molecular formula is C13H16N2O3. The van der Waals surface area contributed by atoms with Crippen molar-refractivity contribution in [1.82, 2.24) is 4.98 Å². The summed E-state index contributed by atoms with van der Waals surface area (Å²) in [6, 6.07) is 3.70. The van der Waals surface area contributed by atoms with Gasteiger partial charge in [0, 0.05) is 18.3 Å². The SMILES string of the molecule is O=C(O)c1cccnc1N1C2CCC1CC(O)C2. The average Bonchev–Trinajstić information content (AvgIpc) is 2.61. The molecule has 5 nitrogen and oxygen atoms in total. The molecule has 0 saturated carbocycles. The van der Waals surface area contributed by atoms with Gasteiger partial charge < -0.3 is 15.1 Å². The lowest BCUT2D eigenvalue weighted by molar-refractivity contribution is 0.0696. The van der Waals surface area contributed by atoms with Crippen LogP contribution in [0.5, 0.6) is 0 Å². The maximum absolute atomic E-state index is 11.2. The molecule has 2 atom stereocenters. The molecule has 3 rings (SSSR count). The monoisotopic (exact) mass is 248 g/mol. The molecule has 0 amide bonds. The second-order valence-electron chi connectivity index (χ2n) is 5.10. The number of carboxylic acids is 1. The highest BCUT2D eigenvalue weighted by Gasteiger charge is 2.41. The number of carbonyl (C=O) groups is 1. The van der Waals surface area contributed by atoms with Crippen molar-refractivity contribution in [2.75, 3.05) is 4.90 Å². The number of fused-ring (bicyclic) bond motifs is 2. The van der Waals surface area contributed by atoms with E-state index < -0.39 is 5.97 Å². The van der Waals surface area contributed by atoms with Crippen molar-refractivity contribution in [2.24, 2.45) is 0 Å². The van der Waals surface area contributed by atoms with Gasteiger partial charge in [-0.3, -0.25) is 0 Å². The minimum Gasteiger partial charge on any atom is -0.478 e. The summed E-state index contributed by atoms with van der Waals surface area (Å²) in [6.45, 7) is 0. The zero-order chi connectivity index (χ0) is 12.7. The number of hydrogen-bond donors (Lipinski definition) is 2. The summed E-state index contributed by atoms with van der Waals surface area (Å²) < 4.78 is 0. The number of pyridine rings is 1. The van der Waals surface area contributed by atoms with Gasteiger partial charge in [-0.05, 0) is 37.8 Å². The van der Waals surface area contributed by atoms with Gasteiger partial charge in [-0.2, -0.15) is 0 Å². The molecule has 1 aromatic heterocycles. The Morgan fingerprint density at radius 2 is 2.00 bits per heavy atom. The van der Waals surface area contributed by atoms with Crippen molar-refractivity contribution in [3.63, 3.8) is 0 Å². The first-order chi connectivity index (χ1) is 8.66. The van der Waals surface area contributed by atoms with Crippen LogP contribution in [0, 0.1) is 0 Å². The van der Waals surface area contributed by atoms with Gasteiger partial charge in [0.2, 0.25) is 0 Å². The normalized spacial score (nSPS) is 30.5. The molecule has 2 bridgehead atoms. The number of aromatic carboxylic acids is 1. The molecule has 2 N–H and O–H groups in total. The van der Waals surface area contributed by atoms with Crippen LogP contribution >= 0.6 is 0 Å². The highest BCUT2D eigenvalue weighted by Crippen LogP contribution is 2.39. The van der Waals surface area contributed by atoms with Crippen LogP contribution in [0.1, 0.15) is 36.0 Å². The van der Waals surface area contributed by atoms with Gasteiger partial charge in [-0.1, -0.05) is 0 Å². The maximum Gasteiger partial charge on any atom is 0.339 e. The molecule has 0 aromatic carbocycles. The molecule has 96 valence electrons. The highest BCUT2D eigenvalue weighted by molar-refractivity contribution is 5.93. The summed E-state index contributed by atoms with van der Waals surface area (Å²) in [6.07, 6.45) is 4.83. The van der Waals surface area contributed by atoms with Crippen LogP contribution in [-0.2, 0) is 0 Å². The van der Waals surface area contributed by atoms with Crippen LogP contribution in [0.4, 0.5) is 5.82 Å². The maximum atomic E-state index is 11.2. The Kier molecular flexibility index (Phi) is 2.70. The number of anilines is 1. The van der Waals surface area contributed by atoms with E-state index in [0.717, 1.165) is 12.8 Å². The molecule has 2 aliphatic rings. The van der Waals surface area contributed by atoms with E-state index in [2.05, 4.69) is 9.88 Å². The van der Waals surface area contributed by atoms with E-state index in [1.54, 1.807) is 18.3 Å². The van der Waals surface area contributed by atoms with Crippen LogP contribution in [0.3, 0.4) is 0 Å². The lowest BCUT2D eigenvalue weighted by Crippen LogP contribution is -2.45. The second-order valence-corrected chi connectivity index (χ2v) is 5.10. The van der Waals surface area contributed by atoms with Crippen LogP contribution in [0.15, 0.2) is 18.3 Å². The third kappa shape index (κ3) is 1.75. The molecule has 5 heteroatoms. The lowest BCUT2D eigenvalue weighted by Gasteiger charge is -2.38. The molecule has 0 aliphatic carbocycles. The van der Waals surface area contributed by atoms with Gasteiger partial charge in [-0.15, -0.1) is 0 Å². The van der Waals surface area contributed by atoms with Crippen molar-refractivity contribution in [3.05, 3.63) is 23.9 Å². The fraction of sp³-hybridized carbons (Fsp3) is 0.538. The Hall–Kier alpha value is -1.62. The van der Waals surface area contributed by atoms with Crippen LogP contribution in [-0.4, -0.2) is 39.4 Å². The number of rotatable bonds is 2. The summed E-state index contributed by atoms with van der Waals surface area (Å²) in [5.74, 6) is -0.381. The molecule has 2 fully saturated rings. The molecular weight excluding hydrogens is 232 g/mol. The number of hydrogen-bond acceptors (Lipinski definition) is 4. The second kappa shape index (κ2) is 4.24. The Bertz CT molecular complexity index is 463. The number of nitrogens with zero attached hydrogens (tertiary/aromatic N) is 2. The topological polar surface area (TPSA) is 73.7 Å². The largest absolute Gasteiger partial charge is 0.478 e. The summed E-state index contributed by atoms with van der Waals surface area (Å²) in [5.41, 5.74) is 0.255. The Balaban J connectivity index is 1.99. The lowest BCUT2D eigenvalue weighted by atomic mass is 9.99. The van der Waals surface area contributed by atoms with Crippen molar-refractivity contribution < 1.29 is 15.0 Å². The van der Waals surface area contributed by atoms with Crippen molar-refractivity contribution in [3.8, 4) is 0 Å². The minimum atomic E-state index is -0.941. The standard InChI is InChI=1S/C13H16N2O3/c16-10-6-8-3-4-9(7-10)15(8)12-11(13(17)18)2-1-5-14-12/h1-2,5,8-10,16H,3-4,6-7H2,(H,17,18). The number of aromatic nitrogens is 1. The average molecular weight is 248 g/mol. The van der Waals surface area contributed by atoms with Gasteiger partial charge in [0.25, 0.3) is 0 Å². The first-order valence-electron chi connectivity index (χ1n) is 6.31. The quantitative estimate of drug-likeness (QED) is 0.824. The smallest absolute Gasteiger partial charge is 0.339 e. The Morgan fingerprint density at radius 3 is 2.61 bits per heavy atom. The number of piperidine rings is 1. The van der Waals surface area contributed by atoms with E-state index in [9.17, 15) is 15.0 Å². The molecule has 2 saturated heterocycles. The fourth-order valence-corrected chi connectivity index (χ4v) is 3.26. The first kappa shape index (κ1) is 11.5. The number of aliphatic hydroxyl groups excluding tert-OH is 1. The van der Waals surface area contributed by atoms with Gasteiger partial charge in [0.1, 0.15) is 11.4 Å². The Labute approximate surface area is 105 Å². The van der Waals surface area contributed by atoms with Gasteiger partial charge in [0.05, 0.1) is 6.10 Å². The Morgan fingerprint density at radius 1 is 1.33 bits per heavy atom. The molecule has 3 heterocycles. The summed E-state index contributed by atoms with van der Waals surface area (Å²) in [5, 5.41) is 19.0. The van der Waals surface area contributed by atoms with E-state index >= 15 is 0 Å². The van der Waals surface area contributed by atoms with Gasteiger partial charge in [0.15, 0.2) is 0 Å². The molecule has 0 spiro atoms. The third-order valence-corrected chi connectivity index (χ3v) is 3.97. The van der Waals surface area contributed by atoms with Gasteiger partial charge >= 0.3 is 5.97 Å². The number of carboxylic acid groups (broad SMARTS) is 1. The summed E-state index contributed by atoms with van der Waals surface area (Å²) in [4.78, 5) is 17.6. The van der Waals surface area contributed by atoms with Gasteiger partial charge in [-0.25, -0.2) is 9.78 Å². The predicted molar refractivity (Wildman–Crippen MR) is 65.7 cm³/mol. The van der Waals surface area contributed by atoms with E-state index in [0.29, 0.717) is 18.7 Å². The molecule has 2 unspecified atom stereocenters. The third-order valence-electron chi connectivity index (χ3n) is 3.97. The molecule has 18 heavy (non-hydrogen) atoms. The van der Waals surface area contributed by atoms with Crippen molar-refractivity contribution in [2.45, 2.75) is 43.9 Å². The zero-order valence-electron chi connectivity index (χ0n) is 9.99. The number of aliphatic hydroxyl groups is 1.